The molecule has 2 aromatic carbocycles. The molecule has 130 valence electrons. The Morgan fingerprint density at radius 1 is 1.16 bits per heavy atom. The van der Waals surface area contributed by atoms with E-state index in [1.807, 2.05) is 48.5 Å². The predicted octanol–water partition coefficient (Wildman–Crippen LogP) is 7.13. The maximum absolute atomic E-state index is 9.54. The van der Waals surface area contributed by atoms with Crippen molar-refractivity contribution in [3.63, 3.8) is 0 Å². The zero-order chi connectivity index (χ0) is 18.1. The van der Waals surface area contributed by atoms with Crippen LogP contribution in [0.1, 0.15) is 43.7 Å². The number of halogens is 2. The Morgan fingerprint density at radius 2 is 1.92 bits per heavy atom. The molecule has 0 heterocycles. The van der Waals surface area contributed by atoms with E-state index in [-0.39, 0.29) is 0 Å². The minimum atomic E-state index is 0.575. The summed E-state index contributed by atoms with van der Waals surface area (Å²) < 4.78 is 6.90. The molecule has 0 aliphatic rings. The third-order valence-corrected chi connectivity index (χ3v) is 4.57. The molecule has 0 atom stereocenters. The Kier molecular flexibility index (Phi) is 8.04. The topological polar surface area (TPSA) is 33.0 Å². The van der Waals surface area contributed by atoms with E-state index in [1.54, 1.807) is 0 Å². The number of unbranched alkanes of at least 4 members (excludes halogenated alkanes) is 3. The van der Waals surface area contributed by atoms with Gasteiger partial charge in [-0.25, -0.2) is 0 Å². The highest BCUT2D eigenvalue weighted by molar-refractivity contribution is 9.10. The molecule has 0 aliphatic heterocycles. The molecular weight excluding hydrogens is 398 g/mol. The fraction of sp³-hybridized carbons (Fsp3) is 0.286. The van der Waals surface area contributed by atoms with E-state index >= 15 is 0 Å². The van der Waals surface area contributed by atoms with Crippen molar-refractivity contribution in [3.05, 3.63) is 63.1 Å². The van der Waals surface area contributed by atoms with Gasteiger partial charge in [0, 0.05) is 15.1 Å². The van der Waals surface area contributed by atoms with E-state index in [0.29, 0.717) is 17.2 Å². The normalized spacial score (nSPS) is 11.2. The molecule has 25 heavy (non-hydrogen) atoms. The molecule has 0 radical (unpaired) electrons. The molecule has 2 nitrogen and oxygen atoms in total. The average Bonchev–Trinajstić information content (AvgIpc) is 2.62. The lowest BCUT2D eigenvalue weighted by Crippen LogP contribution is -1.99. The fourth-order valence-electron chi connectivity index (χ4n) is 2.44. The number of allylic oxidation sites excluding steroid dienone is 1. The summed E-state index contributed by atoms with van der Waals surface area (Å²) in [7, 11) is 0. The van der Waals surface area contributed by atoms with Gasteiger partial charge in [0.25, 0.3) is 0 Å². The summed E-state index contributed by atoms with van der Waals surface area (Å²) >= 11 is 9.55. The summed E-state index contributed by atoms with van der Waals surface area (Å²) in [5.41, 5.74) is 2.26. The van der Waals surface area contributed by atoms with Crippen LogP contribution in [0.3, 0.4) is 0 Å². The first-order valence-electron chi connectivity index (χ1n) is 8.44. The number of hydrogen-bond acceptors (Lipinski definition) is 2. The van der Waals surface area contributed by atoms with E-state index in [9.17, 15) is 5.26 Å². The number of rotatable bonds is 8. The molecule has 0 aliphatic carbocycles. The minimum Gasteiger partial charge on any atom is -0.493 e. The lowest BCUT2D eigenvalue weighted by Gasteiger charge is -2.10. The summed E-state index contributed by atoms with van der Waals surface area (Å²) in [6.45, 7) is 2.86. The largest absolute Gasteiger partial charge is 0.493 e. The highest BCUT2D eigenvalue weighted by Crippen LogP contribution is 2.28. The van der Waals surface area contributed by atoms with Gasteiger partial charge in [0.05, 0.1) is 18.2 Å². The molecule has 4 heteroatoms. The molecule has 0 fully saturated rings. The zero-order valence-electron chi connectivity index (χ0n) is 14.3. The summed E-state index contributed by atoms with van der Waals surface area (Å²) in [5.74, 6) is 0.755. The van der Waals surface area contributed by atoms with Gasteiger partial charge in [0.2, 0.25) is 0 Å². The van der Waals surface area contributed by atoms with Gasteiger partial charge < -0.3 is 4.74 Å². The maximum atomic E-state index is 9.54. The van der Waals surface area contributed by atoms with Crippen molar-refractivity contribution in [1.29, 1.82) is 5.26 Å². The lowest BCUT2D eigenvalue weighted by atomic mass is 10.0. The van der Waals surface area contributed by atoms with Crippen LogP contribution in [0, 0.1) is 11.3 Å². The first-order chi connectivity index (χ1) is 12.1. The van der Waals surface area contributed by atoms with Crippen LogP contribution in [-0.2, 0) is 0 Å². The van der Waals surface area contributed by atoms with Gasteiger partial charge in [0.1, 0.15) is 5.75 Å². The quantitative estimate of drug-likeness (QED) is 0.259. The van der Waals surface area contributed by atoms with E-state index in [2.05, 4.69) is 28.9 Å². The molecule has 0 saturated carbocycles. The Hall–Kier alpha value is -1.76. The Balaban J connectivity index is 2.22. The highest BCUT2D eigenvalue weighted by Gasteiger charge is 2.07. The Morgan fingerprint density at radius 3 is 2.60 bits per heavy atom. The molecule has 0 amide bonds. The second-order valence-corrected chi connectivity index (χ2v) is 7.12. The fourth-order valence-corrected chi connectivity index (χ4v) is 2.88. The SMILES string of the molecule is CCCCCCOc1ccc(Cl)cc1/C=C(\C#N)c1ccc(Br)cc1. The van der Waals surface area contributed by atoms with Crippen molar-refractivity contribution in [2.45, 2.75) is 32.6 Å². The third kappa shape index (κ3) is 6.23. The van der Waals surface area contributed by atoms with E-state index < -0.39 is 0 Å². The number of nitriles is 1. The molecule has 0 N–H and O–H groups in total. The predicted molar refractivity (Wildman–Crippen MR) is 109 cm³/mol. The maximum Gasteiger partial charge on any atom is 0.126 e. The van der Waals surface area contributed by atoms with Crippen molar-refractivity contribution < 1.29 is 4.74 Å². The zero-order valence-corrected chi connectivity index (χ0v) is 16.6. The number of hydrogen-bond donors (Lipinski definition) is 0. The summed E-state index contributed by atoms with van der Waals surface area (Å²) in [6, 6.07) is 15.4. The second kappa shape index (κ2) is 10.3. The highest BCUT2D eigenvalue weighted by atomic mass is 79.9. The first-order valence-corrected chi connectivity index (χ1v) is 9.61. The number of nitrogens with zero attached hydrogens (tertiary/aromatic N) is 1. The van der Waals surface area contributed by atoms with E-state index in [4.69, 9.17) is 16.3 Å². The Labute approximate surface area is 163 Å². The molecule has 2 rings (SSSR count). The van der Waals surface area contributed by atoms with Crippen LogP contribution in [0.25, 0.3) is 11.6 Å². The second-order valence-electron chi connectivity index (χ2n) is 5.77. The molecule has 0 spiro atoms. The lowest BCUT2D eigenvalue weighted by molar-refractivity contribution is 0.304. The Bertz CT molecular complexity index is 762. The van der Waals surface area contributed by atoms with Gasteiger partial charge in [-0.15, -0.1) is 0 Å². The molecule has 0 saturated heterocycles. The van der Waals surface area contributed by atoms with Gasteiger partial charge >= 0.3 is 0 Å². The standard InChI is InChI=1S/C21H21BrClNO/c1-2-3-4-5-12-25-21-11-10-20(23)14-17(21)13-18(15-24)16-6-8-19(22)9-7-16/h6-11,13-14H,2-5,12H2,1H3/b18-13+. The van der Waals surface area contributed by atoms with Crippen LogP contribution in [-0.4, -0.2) is 6.61 Å². The van der Waals surface area contributed by atoms with Crippen LogP contribution in [0.2, 0.25) is 5.02 Å². The van der Waals surface area contributed by atoms with Crippen LogP contribution < -0.4 is 4.74 Å². The van der Waals surface area contributed by atoms with Gasteiger partial charge in [-0.2, -0.15) is 5.26 Å². The third-order valence-electron chi connectivity index (χ3n) is 3.80. The van der Waals surface area contributed by atoms with Crippen molar-refractivity contribution in [2.24, 2.45) is 0 Å². The van der Waals surface area contributed by atoms with Crippen LogP contribution in [0.15, 0.2) is 46.9 Å². The van der Waals surface area contributed by atoms with Gasteiger partial charge in [-0.3, -0.25) is 0 Å². The van der Waals surface area contributed by atoms with Crippen LogP contribution in [0.4, 0.5) is 0 Å². The monoisotopic (exact) mass is 417 g/mol. The molecule has 0 unspecified atom stereocenters. The van der Waals surface area contributed by atoms with Gasteiger partial charge in [-0.1, -0.05) is 65.8 Å². The van der Waals surface area contributed by atoms with Crippen molar-refractivity contribution in [1.82, 2.24) is 0 Å². The molecule has 2 aromatic rings. The minimum absolute atomic E-state index is 0.575. The number of benzene rings is 2. The molecule has 0 aromatic heterocycles. The van der Waals surface area contributed by atoms with Crippen molar-refractivity contribution >= 4 is 39.2 Å². The first kappa shape index (κ1) is 19.6. The van der Waals surface area contributed by atoms with E-state index in [0.717, 1.165) is 34.2 Å². The smallest absolute Gasteiger partial charge is 0.126 e. The van der Waals surface area contributed by atoms with Gasteiger partial charge in [0.15, 0.2) is 0 Å². The van der Waals surface area contributed by atoms with Crippen LogP contribution in [0.5, 0.6) is 5.75 Å². The van der Waals surface area contributed by atoms with E-state index in [1.165, 1.54) is 12.8 Å². The molecule has 0 bridgehead atoms. The van der Waals surface area contributed by atoms with Crippen molar-refractivity contribution in [2.75, 3.05) is 6.61 Å². The summed E-state index contributed by atoms with van der Waals surface area (Å²) in [4.78, 5) is 0. The molecular formula is C21H21BrClNO. The number of ether oxygens (including phenoxy) is 1. The van der Waals surface area contributed by atoms with Crippen LogP contribution >= 0.6 is 27.5 Å². The van der Waals surface area contributed by atoms with Crippen molar-refractivity contribution in [3.8, 4) is 11.8 Å². The average molecular weight is 419 g/mol. The summed E-state index contributed by atoms with van der Waals surface area (Å²) in [5, 5.41) is 10.2. The van der Waals surface area contributed by atoms with Gasteiger partial charge in [-0.05, 0) is 48.4 Å². The summed E-state index contributed by atoms with van der Waals surface area (Å²) in [6.07, 6.45) is 6.44.